The number of aryl methyl sites for hydroxylation is 1. The Hall–Kier alpha value is -2.54. The highest BCUT2D eigenvalue weighted by atomic mass is 32.2. The molecule has 0 aliphatic heterocycles. The quantitative estimate of drug-likeness (QED) is 0.642. The molecule has 6 nitrogen and oxygen atoms in total. The van der Waals surface area contributed by atoms with Gasteiger partial charge in [-0.15, -0.1) is 10.2 Å². The first-order chi connectivity index (χ1) is 12.7. The minimum Gasteiger partial charge on any atom is -0.467 e. The zero-order valence-electron chi connectivity index (χ0n) is 14.5. The summed E-state index contributed by atoms with van der Waals surface area (Å²) in [6, 6.07) is 11.6. The number of hydrogen-bond acceptors (Lipinski definition) is 5. The zero-order valence-corrected chi connectivity index (χ0v) is 15.3. The van der Waals surface area contributed by atoms with Crippen molar-refractivity contribution in [2.45, 2.75) is 37.4 Å². The highest BCUT2D eigenvalue weighted by molar-refractivity contribution is 7.99. The number of hydrogen-bond donors (Lipinski definition) is 1. The maximum absolute atomic E-state index is 12.3. The molecule has 1 saturated carbocycles. The standard InChI is InChI=1S/C19H20N4O2S/c1-13-5-2-3-7-16(13)20-17(24)12-26-19-22-21-18(14-8-9-14)23(19)11-15-6-4-10-25-15/h2-7,10,14H,8-9,11-12H2,1H3,(H,20,24). The van der Waals surface area contributed by atoms with Crippen LogP contribution in [0.4, 0.5) is 5.69 Å². The Morgan fingerprint density at radius 3 is 2.85 bits per heavy atom. The molecule has 0 atom stereocenters. The number of furan rings is 1. The molecule has 0 saturated heterocycles. The van der Waals surface area contributed by atoms with Crippen LogP contribution < -0.4 is 5.32 Å². The van der Waals surface area contributed by atoms with Crippen molar-refractivity contribution in [3.05, 3.63) is 59.8 Å². The van der Waals surface area contributed by atoms with Crippen LogP contribution in [0.1, 0.15) is 35.9 Å². The van der Waals surface area contributed by atoms with E-state index in [4.69, 9.17) is 4.42 Å². The van der Waals surface area contributed by atoms with E-state index in [2.05, 4.69) is 20.1 Å². The number of carbonyl (C=O) groups excluding carboxylic acids is 1. The average Bonchev–Trinajstić information content (AvgIpc) is 3.20. The van der Waals surface area contributed by atoms with Gasteiger partial charge in [-0.1, -0.05) is 30.0 Å². The van der Waals surface area contributed by atoms with Crippen LogP contribution >= 0.6 is 11.8 Å². The fraction of sp³-hybridized carbons (Fsp3) is 0.316. The molecule has 0 radical (unpaired) electrons. The number of rotatable bonds is 7. The molecule has 1 N–H and O–H groups in total. The highest BCUT2D eigenvalue weighted by Gasteiger charge is 2.30. The van der Waals surface area contributed by atoms with Crippen molar-refractivity contribution in [1.82, 2.24) is 14.8 Å². The Labute approximate surface area is 156 Å². The Morgan fingerprint density at radius 2 is 2.12 bits per heavy atom. The number of carbonyl (C=O) groups is 1. The van der Waals surface area contributed by atoms with Crippen LogP contribution in [0.15, 0.2) is 52.2 Å². The summed E-state index contributed by atoms with van der Waals surface area (Å²) in [7, 11) is 0. The predicted octanol–water partition coefficient (Wildman–Crippen LogP) is 3.84. The Bertz CT molecular complexity index is 900. The largest absolute Gasteiger partial charge is 0.467 e. The lowest BCUT2D eigenvalue weighted by Crippen LogP contribution is -2.15. The minimum atomic E-state index is -0.0511. The number of nitrogens with one attached hydrogen (secondary N) is 1. The molecule has 0 spiro atoms. The molecule has 0 bridgehead atoms. The molecule has 0 unspecified atom stereocenters. The van der Waals surface area contributed by atoms with Gasteiger partial charge in [0.25, 0.3) is 0 Å². The van der Waals surface area contributed by atoms with Crippen LogP contribution in [0, 0.1) is 6.92 Å². The van der Waals surface area contributed by atoms with Gasteiger partial charge in [-0.25, -0.2) is 0 Å². The average molecular weight is 368 g/mol. The van der Waals surface area contributed by atoms with Gasteiger partial charge in [0.05, 0.1) is 18.6 Å². The van der Waals surface area contributed by atoms with Crippen molar-refractivity contribution in [3.63, 3.8) is 0 Å². The molecule has 4 rings (SSSR count). The maximum Gasteiger partial charge on any atom is 0.234 e. The first kappa shape index (κ1) is 16.9. The van der Waals surface area contributed by atoms with Gasteiger partial charge in [-0.3, -0.25) is 9.36 Å². The van der Waals surface area contributed by atoms with E-state index in [0.717, 1.165) is 40.8 Å². The summed E-state index contributed by atoms with van der Waals surface area (Å²) in [5, 5.41) is 12.4. The summed E-state index contributed by atoms with van der Waals surface area (Å²) in [6.45, 7) is 2.57. The Morgan fingerprint density at radius 1 is 1.27 bits per heavy atom. The smallest absolute Gasteiger partial charge is 0.234 e. The summed E-state index contributed by atoms with van der Waals surface area (Å²) >= 11 is 1.40. The number of aromatic nitrogens is 3. The minimum absolute atomic E-state index is 0.0511. The number of nitrogens with zero attached hydrogens (tertiary/aromatic N) is 3. The molecule has 2 aromatic heterocycles. The van der Waals surface area contributed by atoms with Gasteiger partial charge >= 0.3 is 0 Å². The summed E-state index contributed by atoms with van der Waals surface area (Å²) in [4.78, 5) is 12.3. The zero-order chi connectivity index (χ0) is 17.9. The summed E-state index contributed by atoms with van der Waals surface area (Å²) in [5.41, 5.74) is 1.89. The molecule has 1 fully saturated rings. The topological polar surface area (TPSA) is 73.0 Å². The fourth-order valence-corrected chi connectivity index (χ4v) is 3.53. The first-order valence-corrected chi connectivity index (χ1v) is 9.63. The van der Waals surface area contributed by atoms with Crippen molar-refractivity contribution in [1.29, 1.82) is 0 Å². The summed E-state index contributed by atoms with van der Waals surface area (Å²) < 4.78 is 7.54. The van der Waals surface area contributed by atoms with Gasteiger partial charge in [0.1, 0.15) is 11.6 Å². The molecule has 7 heteroatoms. The third kappa shape index (κ3) is 3.83. The van der Waals surface area contributed by atoms with Crippen molar-refractivity contribution in [2.24, 2.45) is 0 Å². The second-order valence-electron chi connectivity index (χ2n) is 6.43. The number of anilines is 1. The lowest BCUT2D eigenvalue weighted by Gasteiger charge is -2.09. The summed E-state index contributed by atoms with van der Waals surface area (Å²) in [6.07, 6.45) is 3.96. The van der Waals surface area contributed by atoms with Gasteiger partial charge in [-0.2, -0.15) is 0 Å². The Balaban J connectivity index is 1.44. The Kier molecular flexibility index (Phi) is 4.79. The second kappa shape index (κ2) is 7.37. The van der Waals surface area contributed by atoms with Gasteiger partial charge < -0.3 is 9.73 Å². The van der Waals surface area contributed by atoms with E-state index in [1.54, 1.807) is 6.26 Å². The first-order valence-electron chi connectivity index (χ1n) is 8.64. The van der Waals surface area contributed by atoms with E-state index in [1.807, 2.05) is 43.3 Å². The van der Waals surface area contributed by atoms with Crippen LogP contribution in [-0.2, 0) is 11.3 Å². The van der Waals surface area contributed by atoms with Crippen LogP contribution in [-0.4, -0.2) is 26.4 Å². The maximum atomic E-state index is 12.3. The fourth-order valence-electron chi connectivity index (χ4n) is 2.79. The monoisotopic (exact) mass is 368 g/mol. The highest BCUT2D eigenvalue weighted by Crippen LogP contribution is 2.40. The van der Waals surface area contributed by atoms with Gasteiger partial charge in [0, 0.05) is 11.6 Å². The molecular formula is C19H20N4O2S. The van der Waals surface area contributed by atoms with E-state index < -0.39 is 0 Å². The molecule has 1 aliphatic carbocycles. The molecule has 2 heterocycles. The van der Waals surface area contributed by atoms with E-state index in [9.17, 15) is 4.79 Å². The van der Waals surface area contributed by atoms with E-state index in [1.165, 1.54) is 11.8 Å². The van der Waals surface area contributed by atoms with Crippen molar-refractivity contribution in [3.8, 4) is 0 Å². The molecule has 3 aromatic rings. The second-order valence-corrected chi connectivity index (χ2v) is 7.37. The van der Waals surface area contributed by atoms with E-state index >= 15 is 0 Å². The van der Waals surface area contributed by atoms with Crippen LogP contribution in [0.2, 0.25) is 0 Å². The SMILES string of the molecule is Cc1ccccc1NC(=O)CSc1nnc(C2CC2)n1Cc1ccco1. The van der Waals surface area contributed by atoms with Gasteiger partial charge in [-0.05, 0) is 43.5 Å². The van der Waals surface area contributed by atoms with Crippen LogP contribution in [0.3, 0.4) is 0 Å². The molecule has 1 aliphatic rings. The van der Waals surface area contributed by atoms with Crippen LogP contribution in [0.5, 0.6) is 0 Å². The van der Waals surface area contributed by atoms with Crippen molar-refractivity contribution in [2.75, 3.05) is 11.1 Å². The predicted molar refractivity (Wildman–Crippen MR) is 100 cm³/mol. The van der Waals surface area contributed by atoms with Gasteiger partial charge in [0.2, 0.25) is 5.91 Å². The number of benzene rings is 1. The van der Waals surface area contributed by atoms with Crippen molar-refractivity contribution >= 4 is 23.4 Å². The summed E-state index contributed by atoms with van der Waals surface area (Å²) in [5.74, 6) is 2.56. The normalized spacial score (nSPS) is 13.7. The lowest BCUT2D eigenvalue weighted by atomic mass is 10.2. The van der Waals surface area contributed by atoms with E-state index in [-0.39, 0.29) is 11.7 Å². The lowest BCUT2D eigenvalue weighted by molar-refractivity contribution is -0.113. The molecule has 1 aromatic carbocycles. The molecule has 134 valence electrons. The number of thioether (sulfide) groups is 1. The third-order valence-corrected chi connectivity index (χ3v) is 5.30. The molecule has 26 heavy (non-hydrogen) atoms. The van der Waals surface area contributed by atoms with E-state index in [0.29, 0.717) is 12.5 Å². The number of para-hydroxylation sites is 1. The molecule has 1 amide bonds. The number of amides is 1. The van der Waals surface area contributed by atoms with Crippen LogP contribution in [0.25, 0.3) is 0 Å². The van der Waals surface area contributed by atoms with Crippen molar-refractivity contribution < 1.29 is 9.21 Å². The third-order valence-electron chi connectivity index (χ3n) is 4.33. The van der Waals surface area contributed by atoms with Gasteiger partial charge in [0.15, 0.2) is 5.16 Å². The molecular weight excluding hydrogens is 348 g/mol.